The molecule has 1 aliphatic carbocycles. The molecule has 1 fully saturated rings. The summed E-state index contributed by atoms with van der Waals surface area (Å²) in [6.45, 7) is 11.8. The quantitative estimate of drug-likeness (QED) is 0.535. The number of allylic oxidation sites excluding steroid dienone is 9. The molecule has 0 aromatic rings. The van der Waals surface area contributed by atoms with Crippen molar-refractivity contribution in [3.63, 3.8) is 0 Å². The van der Waals surface area contributed by atoms with Crippen molar-refractivity contribution in [3.8, 4) is 0 Å². The van der Waals surface area contributed by atoms with E-state index in [9.17, 15) is 0 Å². The summed E-state index contributed by atoms with van der Waals surface area (Å²) in [7, 11) is 0. The van der Waals surface area contributed by atoms with Crippen LogP contribution in [0.15, 0.2) is 73.4 Å². The number of hydrogen-bond acceptors (Lipinski definition) is 0. The fourth-order valence-corrected chi connectivity index (χ4v) is 2.20. The highest BCUT2D eigenvalue weighted by Crippen LogP contribution is 2.29. The van der Waals surface area contributed by atoms with Crippen LogP contribution in [0.1, 0.15) is 32.1 Å². The molecule has 0 unspecified atom stereocenters. The molecule has 0 aromatic heterocycles. The van der Waals surface area contributed by atoms with Gasteiger partial charge in [-0.3, -0.25) is 0 Å². The van der Waals surface area contributed by atoms with E-state index in [0.717, 1.165) is 5.57 Å². The van der Waals surface area contributed by atoms with E-state index >= 15 is 0 Å². The molecule has 1 saturated carbocycles. The second-order valence-electron chi connectivity index (χ2n) is 4.80. The molecule has 0 nitrogen and oxygen atoms in total. The van der Waals surface area contributed by atoms with Gasteiger partial charge in [-0.25, -0.2) is 0 Å². The summed E-state index contributed by atoms with van der Waals surface area (Å²) < 4.78 is 0. The van der Waals surface area contributed by atoms with Crippen LogP contribution in [0.5, 0.6) is 0 Å². The van der Waals surface area contributed by atoms with Gasteiger partial charge in [0.2, 0.25) is 0 Å². The summed E-state index contributed by atoms with van der Waals surface area (Å²) in [6, 6.07) is 0. The van der Waals surface area contributed by atoms with E-state index in [1.807, 2.05) is 24.3 Å². The van der Waals surface area contributed by atoms with Gasteiger partial charge in [0.25, 0.3) is 0 Å². The van der Waals surface area contributed by atoms with Gasteiger partial charge in [0, 0.05) is 0 Å². The van der Waals surface area contributed by atoms with Crippen LogP contribution in [0.25, 0.3) is 0 Å². The third-order valence-electron chi connectivity index (χ3n) is 3.31. The Morgan fingerprint density at radius 3 is 2.22 bits per heavy atom. The van der Waals surface area contributed by atoms with Crippen molar-refractivity contribution >= 4 is 0 Å². The largest absolute Gasteiger partial charge is 0.0991 e. The van der Waals surface area contributed by atoms with Crippen LogP contribution in [0.2, 0.25) is 0 Å². The summed E-state index contributed by atoms with van der Waals surface area (Å²) in [6.07, 6.45) is 20.4. The van der Waals surface area contributed by atoms with Gasteiger partial charge in [-0.05, 0) is 24.3 Å². The van der Waals surface area contributed by atoms with Gasteiger partial charge in [0.15, 0.2) is 0 Å². The molecule has 18 heavy (non-hydrogen) atoms. The molecule has 0 spiro atoms. The van der Waals surface area contributed by atoms with E-state index in [1.54, 1.807) is 6.08 Å². The fraction of sp³-hybridized carbons (Fsp3) is 0.333. The third-order valence-corrected chi connectivity index (χ3v) is 3.31. The number of rotatable bonds is 6. The van der Waals surface area contributed by atoms with E-state index in [-0.39, 0.29) is 0 Å². The zero-order valence-electron chi connectivity index (χ0n) is 11.3. The Labute approximate surface area is 112 Å². The topological polar surface area (TPSA) is 0 Å². The van der Waals surface area contributed by atoms with Crippen LogP contribution in [0.4, 0.5) is 0 Å². The van der Waals surface area contributed by atoms with E-state index in [2.05, 4.69) is 31.9 Å². The van der Waals surface area contributed by atoms with Crippen molar-refractivity contribution in [2.24, 2.45) is 5.92 Å². The van der Waals surface area contributed by atoms with Crippen LogP contribution < -0.4 is 0 Å². The highest BCUT2D eigenvalue weighted by Gasteiger charge is 2.14. The zero-order valence-corrected chi connectivity index (χ0v) is 11.3. The molecule has 0 amide bonds. The first-order chi connectivity index (χ1) is 8.74. The van der Waals surface area contributed by atoms with Gasteiger partial charge < -0.3 is 0 Å². The van der Waals surface area contributed by atoms with E-state index < -0.39 is 0 Å². The summed E-state index contributed by atoms with van der Waals surface area (Å²) in [5, 5.41) is 0. The Morgan fingerprint density at radius 2 is 1.56 bits per heavy atom. The smallest absolute Gasteiger partial charge is 0.0168 e. The molecule has 0 N–H and O–H groups in total. The molecular formula is C18H24. The summed E-state index contributed by atoms with van der Waals surface area (Å²) in [5.41, 5.74) is 2.26. The first kappa shape index (κ1) is 14.5. The minimum Gasteiger partial charge on any atom is -0.0991 e. The monoisotopic (exact) mass is 240 g/mol. The average molecular weight is 240 g/mol. The molecule has 0 aromatic carbocycles. The lowest BCUT2D eigenvalue weighted by Crippen LogP contribution is -2.06. The maximum atomic E-state index is 4.18. The van der Waals surface area contributed by atoms with Crippen molar-refractivity contribution in [2.45, 2.75) is 32.1 Å². The highest BCUT2D eigenvalue weighted by molar-refractivity contribution is 5.34. The Bertz CT molecular complexity index is 371. The highest BCUT2D eigenvalue weighted by atomic mass is 14.2. The van der Waals surface area contributed by atoms with E-state index in [0.29, 0.717) is 5.92 Å². The molecule has 0 atom stereocenters. The van der Waals surface area contributed by atoms with Crippen molar-refractivity contribution in [2.75, 3.05) is 0 Å². The summed E-state index contributed by atoms with van der Waals surface area (Å²) in [4.78, 5) is 0. The lowest BCUT2D eigenvalue weighted by atomic mass is 9.84. The Hall–Kier alpha value is -1.56. The van der Waals surface area contributed by atoms with Gasteiger partial charge >= 0.3 is 0 Å². The average Bonchev–Trinajstić information content (AvgIpc) is 2.42. The second-order valence-corrected chi connectivity index (χ2v) is 4.80. The second kappa shape index (κ2) is 8.52. The van der Waals surface area contributed by atoms with E-state index in [1.165, 1.54) is 37.7 Å². The Kier molecular flexibility index (Phi) is 6.86. The molecule has 1 aliphatic rings. The summed E-state index contributed by atoms with van der Waals surface area (Å²) in [5.74, 6) is 0.687. The van der Waals surface area contributed by atoms with Gasteiger partial charge in [0.05, 0.1) is 0 Å². The molecule has 0 aliphatic heterocycles. The lowest BCUT2D eigenvalue weighted by molar-refractivity contribution is 0.409. The van der Waals surface area contributed by atoms with Gasteiger partial charge in [-0.1, -0.05) is 87.1 Å². The Balaban J connectivity index is 2.40. The molecule has 0 radical (unpaired) electrons. The minimum absolute atomic E-state index is 0.687. The van der Waals surface area contributed by atoms with Crippen molar-refractivity contribution in [1.29, 1.82) is 0 Å². The predicted molar refractivity (Wildman–Crippen MR) is 82.5 cm³/mol. The molecule has 0 saturated heterocycles. The first-order valence-electron chi connectivity index (χ1n) is 6.75. The molecular weight excluding hydrogens is 216 g/mol. The van der Waals surface area contributed by atoms with Gasteiger partial charge in [-0.15, -0.1) is 0 Å². The molecule has 0 heterocycles. The SMILES string of the molecule is C=C/C=C\C=C\C(=C)/C=C\C(=C)C1CCCCC1. The Morgan fingerprint density at radius 1 is 0.833 bits per heavy atom. The fourth-order valence-electron chi connectivity index (χ4n) is 2.20. The molecule has 96 valence electrons. The predicted octanol–water partition coefficient (Wildman–Crippen LogP) is 5.53. The lowest BCUT2D eigenvalue weighted by Gasteiger charge is -2.21. The number of hydrogen-bond donors (Lipinski definition) is 0. The molecule has 1 rings (SSSR count). The first-order valence-corrected chi connectivity index (χ1v) is 6.75. The molecule has 0 heteroatoms. The van der Waals surface area contributed by atoms with E-state index in [4.69, 9.17) is 0 Å². The van der Waals surface area contributed by atoms with Crippen molar-refractivity contribution < 1.29 is 0 Å². The van der Waals surface area contributed by atoms with Crippen molar-refractivity contribution in [1.82, 2.24) is 0 Å². The van der Waals surface area contributed by atoms with Crippen LogP contribution in [0, 0.1) is 5.92 Å². The maximum absolute atomic E-state index is 4.18. The van der Waals surface area contributed by atoms with Gasteiger partial charge in [-0.2, -0.15) is 0 Å². The van der Waals surface area contributed by atoms with Crippen LogP contribution in [-0.4, -0.2) is 0 Å². The normalized spacial score (nSPS) is 17.8. The van der Waals surface area contributed by atoms with Crippen molar-refractivity contribution in [3.05, 3.63) is 73.4 Å². The summed E-state index contributed by atoms with van der Waals surface area (Å²) >= 11 is 0. The third kappa shape index (κ3) is 5.67. The van der Waals surface area contributed by atoms with Crippen LogP contribution in [-0.2, 0) is 0 Å². The van der Waals surface area contributed by atoms with Crippen LogP contribution >= 0.6 is 0 Å². The van der Waals surface area contributed by atoms with Crippen LogP contribution in [0.3, 0.4) is 0 Å². The zero-order chi connectivity index (χ0) is 13.2. The van der Waals surface area contributed by atoms with Gasteiger partial charge in [0.1, 0.15) is 0 Å². The minimum atomic E-state index is 0.687. The maximum Gasteiger partial charge on any atom is -0.0168 e. The standard InChI is InChI=1S/C18H24/c1-4-5-6-8-11-16(2)14-15-17(3)18-12-9-7-10-13-18/h4-6,8,11,14-15,18H,1-3,7,9-10,12-13H2/b6-5-,11-8+,15-14-. The molecule has 0 bridgehead atoms.